The number of carbonyl (C=O) groups excluding carboxylic acids is 1. The van der Waals surface area contributed by atoms with Gasteiger partial charge in [-0.2, -0.15) is 0 Å². The zero-order valence-corrected chi connectivity index (χ0v) is 17.2. The first-order valence-electron chi connectivity index (χ1n) is 4.35. The van der Waals surface area contributed by atoms with E-state index in [0.29, 0.717) is 5.56 Å². The molecule has 19 heavy (non-hydrogen) atoms. The average Bonchev–Trinajstić information content (AvgIpc) is 2.25. The van der Waals surface area contributed by atoms with Crippen molar-refractivity contribution in [3.05, 3.63) is 34.3 Å². The van der Waals surface area contributed by atoms with Crippen LogP contribution < -0.4 is 59.1 Å². The number of benzene rings is 1. The van der Waals surface area contributed by atoms with Crippen molar-refractivity contribution < 1.29 is 81.6 Å². The third-order valence-corrected chi connectivity index (χ3v) is 4.34. The average molecular weight is 343 g/mol. The van der Waals surface area contributed by atoms with E-state index in [1.165, 1.54) is 25.3 Å². The number of halogens is 1. The molecule has 0 aliphatic rings. The molecule has 0 heterocycles. The van der Waals surface area contributed by atoms with Gasteiger partial charge in [0.15, 0.2) is 0 Å². The Morgan fingerprint density at radius 1 is 1.42 bits per heavy atom. The number of methoxy groups -OCH3 is 1. The molecule has 0 aliphatic heterocycles. The molecule has 0 N–H and O–H groups in total. The fourth-order valence-electron chi connectivity index (χ4n) is 1.07. The summed E-state index contributed by atoms with van der Waals surface area (Å²) in [6, 6.07) is 4.32. The van der Waals surface area contributed by atoms with Gasteiger partial charge in [0.2, 0.25) is 0 Å². The molecule has 0 atom stereocenters. The van der Waals surface area contributed by atoms with Crippen molar-refractivity contribution in [3.63, 3.8) is 0 Å². The predicted octanol–water partition coefficient (Wildman–Crippen LogP) is -5.09. The van der Waals surface area contributed by atoms with Gasteiger partial charge in [-0.05, 0) is 17.7 Å². The molecular formula is C9H9ClNa2O5S2. The summed E-state index contributed by atoms with van der Waals surface area (Å²) >= 11 is 5.85. The molecule has 1 aromatic carbocycles. The first-order valence-corrected chi connectivity index (χ1v) is 7.82. The second-order valence-corrected chi connectivity index (χ2v) is 6.97. The summed E-state index contributed by atoms with van der Waals surface area (Å²) in [5.74, 6) is -0.543. The summed E-state index contributed by atoms with van der Waals surface area (Å²) in [6.07, 6.45) is 0. The molecule has 0 amide bonds. The molecule has 10 heteroatoms. The van der Waals surface area contributed by atoms with Crippen LogP contribution in [0.4, 0.5) is 0 Å². The Kier molecular flexibility index (Phi) is 11.9. The molecule has 96 valence electrons. The van der Waals surface area contributed by atoms with Crippen LogP contribution in [0.1, 0.15) is 15.9 Å². The molecule has 0 aliphatic carbocycles. The van der Waals surface area contributed by atoms with E-state index in [0.717, 1.165) is 0 Å². The van der Waals surface area contributed by atoms with Crippen LogP contribution in [-0.4, -0.2) is 26.0 Å². The fraction of sp³-hybridized carbons (Fsp3) is 0.222. The maximum Gasteiger partial charge on any atom is 1.00 e. The first-order chi connectivity index (χ1) is 7.83. The Morgan fingerprint density at radius 3 is 2.42 bits per heavy atom. The van der Waals surface area contributed by atoms with Crippen LogP contribution in [0.5, 0.6) is 0 Å². The Labute approximate surface area is 164 Å². The minimum Gasteiger partial charge on any atom is -0.766 e. The number of ether oxygens (including phenoxy) is 1. The summed E-state index contributed by atoms with van der Waals surface area (Å²) in [4.78, 5) is 11.2. The smallest absolute Gasteiger partial charge is 0.766 e. The molecule has 0 unspecified atom stereocenters. The molecular weight excluding hydrogens is 334 g/mol. The molecule has 0 saturated heterocycles. The van der Waals surface area contributed by atoms with Gasteiger partial charge in [0, 0.05) is 14.2 Å². The van der Waals surface area contributed by atoms with Crippen LogP contribution in [0.2, 0.25) is 5.02 Å². The molecule has 0 aromatic heterocycles. The maximum absolute atomic E-state index is 11.2. The molecule has 0 spiro atoms. The number of hydrogen-bond acceptors (Lipinski definition) is 6. The summed E-state index contributed by atoms with van der Waals surface area (Å²) in [5, 5.41) is 0.226. The molecule has 0 radical (unpaired) electrons. The Balaban J connectivity index is 0. The second-order valence-electron chi connectivity index (χ2n) is 3.01. The van der Waals surface area contributed by atoms with Gasteiger partial charge >= 0.3 is 65.1 Å². The van der Waals surface area contributed by atoms with Crippen molar-refractivity contribution in [2.45, 2.75) is 5.75 Å². The van der Waals surface area contributed by atoms with Crippen LogP contribution in [0.15, 0.2) is 18.2 Å². The quantitative estimate of drug-likeness (QED) is 0.136. The van der Waals surface area contributed by atoms with Crippen molar-refractivity contribution in [1.82, 2.24) is 0 Å². The van der Waals surface area contributed by atoms with Crippen LogP contribution in [0.25, 0.3) is 0 Å². The zero-order chi connectivity index (χ0) is 13.1. The number of thiol groups is 1. The van der Waals surface area contributed by atoms with Crippen LogP contribution in [-0.2, 0) is 30.4 Å². The van der Waals surface area contributed by atoms with E-state index < -0.39 is 15.1 Å². The number of hydrogen-bond donors (Lipinski definition) is 0. The minimum absolute atomic E-state index is 0. The normalized spacial score (nSPS) is 10.3. The fourth-order valence-corrected chi connectivity index (χ4v) is 2.87. The van der Waals surface area contributed by atoms with Gasteiger partial charge in [0.05, 0.1) is 12.7 Å². The Morgan fingerprint density at radius 2 is 2.00 bits per heavy atom. The van der Waals surface area contributed by atoms with E-state index in [1.54, 1.807) is 0 Å². The van der Waals surface area contributed by atoms with Gasteiger partial charge in [-0.25, -0.2) is 4.79 Å². The van der Waals surface area contributed by atoms with E-state index in [-0.39, 0.29) is 86.2 Å². The Bertz CT molecular complexity index is 535. The van der Waals surface area contributed by atoms with Gasteiger partial charge in [-0.3, -0.25) is 8.42 Å². The molecule has 1 rings (SSSR count). The molecule has 0 saturated carbocycles. The number of rotatable bonds is 4. The van der Waals surface area contributed by atoms with Crippen molar-refractivity contribution in [3.8, 4) is 0 Å². The number of esters is 1. The van der Waals surface area contributed by atoms with E-state index >= 15 is 0 Å². The topological polar surface area (TPSA) is 83.5 Å². The van der Waals surface area contributed by atoms with Crippen LogP contribution in [0.3, 0.4) is 0 Å². The van der Waals surface area contributed by atoms with E-state index in [2.05, 4.69) is 4.74 Å². The third kappa shape index (κ3) is 8.31. The van der Waals surface area contributed by atoms with E-state index in [1.807, 2.05) is 0 Å². The monoisotopic (exact) mass is 342 g/mol. The maximum atomic E-state index is 11.2. The van der Waals surface area contributed by atoms with E-state index in [9.17, 15) is 17.8 Å². The van der Waals surface area contributed by atoms with Crippen molar-refractivity contribution >= 4 is 37.5 Å². The van der Waals surface area contributed by atoms with Crippen LogP contribution in [0, 0.1) is 0 Å². The molecule has 0 fully saturated rings. The zero-order valence-electron chi connectivity index (χ0n) is 10.7. The number of carbonyl (C=O) groups is 1. The van der Waals surface area contributed by atoms with Gasteiger partial charge in [-0.15, -0.1) is 5.75 Å². The first kappa shape index (κ1) is 22.5. The van der Waals surface area contributed by atoms with Crippen molar-refractivity contribution in [2.24, 2.45) is 0 Å². The van der Waals surface area contributed by atoms with Crippen LogP contribution >= 0.6 is 11.6 Å². The van der Waals surface area contributed by atoms with Gasteiger partial charge in [0.1, 0.15) is 0 Å². The Hall–Kier alpha value is 1.24. The standard InChI is InChI=1S/C9H10ClO5S2.2Na/c1-15-9(11)6-2-3-7(8(10)4-6)5-16-17(12,13)14;;/h2-4,16H,5H2,1H3,(H,12,13,14);;/q-1;2*+1/p-1. The van der Waals surface area contributed by atoms with Crippen molar-refractivity contribution in [2.75, 3.05) is 7.11 Å². The summed E-state index contributed by atoms with van der Waals surface area (Å²) in [7, 11) is -3.33. The van der Waals surface area contributed by atoms with Gasteiger partial charge < -0.3 is 20.1 Å². The summed E-state index contributed by atoms with van der Waals surface area (Å²) in [5.41, 5.74) is 0.753. The predicted molar refractivity (Wildman–Crippen MR) is 65.0 cm³/mol. The van der Waals surface area contributed by atoms with Gasteiger partial charge in [-0.1, -0.05) is 17.7 Å². The van der Waals surface area contributed by atoms with Gasteiger partial charge in [0.25, 0.3) is 0 Å². The second kappa shape index (κ2) is 10.0. The van der Waals surface area contributed by atoms with Crippen molar-refractivity contribution in [1.29, 1.82) is 0 Å². The molecule has 1 aromatic rings. The SMILES string of the molecule is COC(=O)c1ccc(C[SH-]S(=O)(=O)[O-])c(Cl)c1.[Na+].[Na+]. The largest absolute Gasteiger partial charge is 1.00 e. The molecule has 0 bridgehead atoms. The third-order valence-electron chi connectivity index (χ3n) is 1.87. The summed E-state index contributed by atoms with van der Waals surface area (Å²) < 4.78 is 35.9. The molecule has 5 nitrogen and oxygen atoms in total. The summed E-state index contributed by atoms with van der Waals surface area (Å²) in [6.45, 7) is 0. The van der Waals surface area contributed by atoms with E-state index in [4.69, 9.17) is 11.6 Å². The minimum atomic E-state index is -4.30.